The van der Waals surface area contributed by atoms with Crippen molar-refractivity contribution in [3.05, 3.63) is 0 Å². The summed E-state index contributed by atoms with van der Waals surface area (Å²) in [4.78, 5) is 9.27. The third-order valence-corrected chi connectivity index (χ3v) is 8.72. The molecule has 0 unspecified atom stereocenters. The fraction of sp³-hybridized carbons (Fsp3) is 0.957. The predicted molar refractivity (Wildman–Crippen MR) is 133 cm³/mol. The minimum absolute atomic E-state index is 0.454. The van der Waals surface area contributed by atoms with Crippen molar-refractivity contribution in [2.75, 3.05) is 13.1 Å². The molecule has 0 aromatic heterocycles. The second kappa shape index (κ2) is 17.0. The molecule has 0 aromatic carbocycles. The van der Waals surface area contributed by atoms with Crippen molar-refractivity contribution in [3.63, 3.8) is 0 Å². The first-order valence-corrected chi connectivity index (χ1v) is 14.5. The standard InChI is InChI=1S/C19H46N4P.C4HF7O2/c1-9-11-13-15-23(16-14-12-10-2)24(20-17(3)4,21-18(5)6)22-19(7)8;5-2(6,1(12)13)3(7,8)4(9,10)11/h17-22H,9-16H2,1-8H3;(H,12,13)/q+1;/p-1. The van der Waals surface area contributed by atoms with Crippen LogP contribution in [-0.4, -0.2) is 59.9 Å². The average molecular weight is 575 g/mol. The topological polar surface area (TPSA) is 79.5 Å². The summed E-state index contributed by atoms with van der Waals surface area (Å²) in [5.74, 6) is -16.7. The Morgan fingerprint density at radius 3 is 1.24 bits per heavy atom. The molecule has 0 saturated heterocycles. The van der Waals surface area contributed by atoms with Crippen molar-refractivity contribution in [2.45, 2.75) is 130 Å². The van der Waals surface area contributed by atoms with Crippen LogP contribution in [0.5, 0.6) is 0 Å². The number of nitrogens with one attached hydrogen (secondary N) is 3. The summed E-state index contributed by atoms with van der Waals surface area (Å²) in [5.41, 5.74) is 0. The summed E-state index contributed by atoms with van der Waals surface area (Å²) in [7, 11) is -1.77. The van der Waals surface area contributed by atoms with Gasteiger partial charge in [-0.05, 0) is 54.4 Å². The number of aliphatic carboxylic acids is 1. The maximum Gasteiger partial charge on any atom is 0.460 e. The zero-order valence-electron chi connectivity index (χ0n) is 23.2. The summed E-state index contributed by atoms with van der Waals surface area (Å²) < 4.78 is 82.9. The number of carboxylic acid groups (broad SMARTS) is 1. The minimum atomic E-state index is -6.64. The molecule has 0 radical (unpaired) electrons. The third kappa shape index (κ3) is 13.2. The van der Waals surface area contributed by atoms with Gasteiger partial charge in [-0.2, -0.15) is 30.7 Å². The summed E-state index contributed by atoms with van der Waals surface area (Å²) in [6.07, 6.45) is 1.11. The van der Waals surface area contributed by atoms with Crippen LogP contribution in [0.1, 0.15) is 93.9 Å². The van der Waals surface area contributed by atoms with Crippen LogP contribution in [0.25, 0.3) is 0 Å². The Hall–Kier alpha value is -0.750. The molecule has 6 nitrogen and oxygen atoms in total. The molecule has 14 heteroatoms. The Balaban J connectivity index is 0. The highest BCUT2D eigenvalue weighted by Crippen LogP contribution is 2.52. The van der Waals surface area contributed by atoms with E-state index in [0.29, 0.717) is 18.1 Å². The summed E-state index contributed by atoms with van der Waals surface area (Å²) in [5, 5.41) is 21.0. The van der Waals surface area contributed by atoms with Crippen molar-refractivity contribution in [1.29, 1.82) is 0 Å². The highest BCUT2D eigenvalue weighted by molar-refractivity contribution is 7.67. The lowest BCUT2D eigenvalue weighted by molar-refractivity contribution is -0.387. The number of alkyl halides is 7. The average Bonchev–Trinajstić information content (AvgIpc) is 2.70. The normalized spacial score (nSPS) is 13.5. The zero-order chi connectivity index (χ0) is 29.7. The van der Waals surface area contributed by atoms with Gasteiger partial charge in [0.2, 0.25) is 0 Å². The fourth-order valence-electron chi connectivity index (χ4n) is 3.28. The molecule has 0 heterocycles. The van der Waals surface area contributed by atoms with Crippen LogP contribution in [0.4, 0.5) is 30.7 Å². The van der Waals surface area contributed by atoms with E-state index in [-0.39, 0.29) is 0 Å². The molecule has 0 aliphatic heterocycles. The predicted octanol–water partition coefficient (Wildman–Crippen LogP) is 5.91. The van der Waals surface area contributed by atoms with Crippen molar-refractivity contribution in [2.24, 2.45) is 0 Å². The first-order chi connectivity index (χ1) is 16.7. The number of carbonyl (C=O) groups is 1. The Labute approximate surface area is 218 Å². The van der Waals surface area contributed by atoms with Gasteiger partial charge in [0, 0.05) is 31.2 Å². The van der Waals surface area contributed by atoms with E-state index < -0.39 is 31.9 Å². The molecule has 0 rings (SSSR count). The molecule has 0 spiro atoms. The van der Waals surface area contributed by atoms with E-state index >= 15 is 0 Å². The van der Waals surface area contributed by atoms with Gasteiger partial charge in [-0.1, -0.05) is 39.5 Å². The second-order valence-electron chi connectivity index (χ2n) is 9.79. The molecule has 0 aliphatic rings. The lowest BCUT2D eigenvalue weighted by atomic mass is 10.1. The molecule has 0 fully saturated rings. The van der Waals surface area contributed by atoms with Crippen LogP contribution >= 0.6 is 7.87 Å². The van der Waals surface area contributed by atoms with Crippen molar-refractivity contribution in [3.8, 4) is 0 Å². The van der Waals surface area contributed by atoms with E-state index in [1.165, 1.54) is 51.6 Å². The van der Waals surface area contributed by atoms with Gasteiger partial charge in [-0.15, -0.1) is 19.9 Å². The minimum Gasteiger partial charge on any atom is -0.544 e. The number of carboxylic acids is 1. The molecule has 0 atom stereocenters. The second-order valence-corrected chi connectivity index (χ2v) is 12.4. The maximum absolute atomic E-state index is 11.7. The number of hydrogen-bond acceptors (Lipinski definition) is 6. The summed E-state index contributed by atoms with van der Waals surface area (Å²) >= 11 is 0. The number of hydrogen-bond donors (Lipinski definition) is 3. The zero-order valence-corrected chi connectivity index (χ0v) is 24.1. The number of halogens is 7. The van der Waals surface area contributed by atoms with Crippen LogP contribution < -0.4 is 20.4 Å². The third-order valence-electron chi connectivity index (χ3n) is 4.81. The van der Waals surface area contributed by atoms with Crippen molar-refractivity contribution in [1.82, 2.24) is 19.9 Å². The van der Waals surface area contributed by atoms with Gasteiger partial charge >= 0.3 is 25.9 Å². The maximum atomic E-state index is 11.7. The van der Waals surface area contributed by atoms with E-state index in [1.807, 2.05) is 0 Å². The Morgan fingerprint density at radius 2 is 1.05 bits per heavy atom. The van der Waals surface area contributed by atoms with Crippen molar-refractivity contribution >= 4 is 13.8 Å². The van der Waals surface area contributed by atoms with Gasteiger partial charge in [0.25, 0.3) is 0 Å². The number of nitrogens with zero attached hydrogens (tertiary/aromatic N) is 1. The molecule has 0 saturated carbocycles. The Kier molecular flexibility index (Phi) is 17.7. The van der Waals surface area contributed by atoms with Gasteiger partial charge in [0.1, 0.15) is 5.97 Å². The molecule has 3 N–H and O–H groups in total. The first-order valence-electron chi connectivity index (χ1n) is 12.7. The van der Waals surface area contributed by atoms with E-state index in [9.17, 15) is 40.6 Å². The lowest BCUT2D eigenvalue weighted by Crippen LogP contribution is -2.60. The monoisotopic (exact) mass is 574 g/mol. The van der Waals surface area contributed by atoms with Crippen LogP contribution in [0, 0.1) is 0 Å². The smallest absolute Gasteiger partial charge is 0.460 e. The summed E-state index contributed by atoms with van der Waals surface area (Å²) in [6.45, 7) is 20.5. The Bertz CT molecular complexity index is 600. The number of rotatable bonds is 17. The van der Waals surface area contributed by atoms with Gasteiger partial charge < -0.3 is 9.90 Å². The molecule has 0 amide bonds. The van der Waals surface area contributed by atoms with Gasteiger partial charge in [-0.25, -0.2) is 0 Å². The largest absolute Gasteiger partial charge is 0.544 e. The highest BCUT2D eigenvalue weighted by atomic mass is 31.2. The van der Waals surface area contributed by atoms with Crippen LogP contribution in [0.3, 0.4) is 0 Å². The van der Waals surface area contributed by atoms with Gasteiger partial charge in [0.15, 0.2) is 0 Å². The summed E-state index contributed by atoms with van der Waals surface area (Å²) in [6, 6.07) is 1.36. The fourth-order valence-corrected chi connectivity index (χ4v) is 7.12. The molecule has 37 heavy (non-hydrogen) atoms. The molecule has 0 aromatic rings. The molecule has 0 bridgehead atoms. The highest BCUT2D eigenvalue weighted by Gasteiger charge is 2.73. The molecular formula is C23H46F7N4O2P. The number of unbranched alkanes of at least 4 members (excludes halogenated alkanes) is 4. The van der Waals surface area contributed by atoms with E-state index in [2.05, 4.69) is 75.3 Å². The van der Waals surface area contributed by atoms with Crippen LogP contribution in [-0.2, 0) is 4.79 Å². The Morgan fingerprint density at radius 1 is 0.730 bits per heavy atom. The molecule has 224 valence electrons. The van der Waals surface area contributed by atoms with E-state index in [0.717, 1.165) is 0 Å². The van der Waals surface area contributed by atoms with E-state index in [4.69, 9.17) is 0 Å². The van der Waals surface area contributed by atoms with Gasteiger partial charge in [-0.3, -0.25) is 0 Å². The lowest BCUT2D eigenvalue weighted by Gasteiger charge is -2.39. The SMILES string of the molecule is CCCCCN(CCCCC)[P+](NC(C)C)(NC(C)C)NC(C)C.O=C([O-])C(F)(F)C(F)(F)C(F)(F)F. The van der Waals surface area contributed by atoms with E-state index in [1.54, 1.807) is 0 Å². The molecular weight excluding hydrogens is 528 g/mol. The molecule has 0 aliphatic carbocycles. The van der Waals surface area contributed by atoms with Crippen LogP contribution in [0.2, 0.25) is 0 Å². The van der Waals surface area contributed by atoms with Crippen LogP contribution in [0.15, 0.2) is 0 Å². The quantitative estimate of drug-likeness (QED) is 0.114. The van der Waals surface area contributed by atoms with Gasteiger partial charge in [0.05, 0.1) is 0 Å². The first kappa shape index (κ1) is 38.4. The van der Waals surface area contributed by atoms with Crippen molar-refractivity contribution < 1.29 is 40.6 Å². The number of carbonyl (C=O) groups excluding carboxylic acids is 1.